The number of hydrogen-bond acceptors (Lipinski definition) is 3. The summed E-state index contributed by atoms with van der Waals surface area (Å²) in [5.41, 5.74) is 0.810. The van der Waals surface area contributed by atoms with Crippen LogP contribution in [0.3, 0.4) is 0 Å². The van der Waals surface area contributed by atoms with E-state index in [0.29, 0.717) is 6.07 Å². The van der Waals surface area contributed by atoms with Gasteiger partial charge < -0.3 is 5.32 Å². The second kappa shape index (κ2) is 9.23. The lowest BCUT2D eigenvalue weighted by Crippen LogP contribution is -2.40. The Kier molecular flexibility index (Phi) is 7.21. The number of hydrogen-bond donors (Lipinski definition) is 1. The number of carbonyl (C=O) groups is 1. The summed E-state index contributed by atoms with van der Waals surface area (Å²) >= 11 is 0. The fraction of sp³-hybridized carbons (Fsp3) is 0.250. The molecule has 0 aromatic heterocycles. The number of sulfonamides is 1. The molecule has 0 aliphatic heterocycles. The van der Waals surface area contributed by atoms with Crippen molar-refractivity contribution in [3.05, 3.63) is 77.9 Å². The molecule has 156 valence electrons. The van der Waals surface area contributed by atoms with E-state index in [1.54, 1.807) is 0 Å². The average Bonchev–Trinajstić information content (AvgIpc) is 2.66. The highest BCUT2D eigenvalue weighted by atomic mass is 32.2. The summed E-state index contributed by atoms with van der Waals surface area (Å²) in [6, 6.07) is 10.8. The number of rotatable bonds is 8. The molecule has 0 saturated heterocycles. The molecule has 1 N–H and O–H groups in total. The fourth-order valence-electron chi connectivity index (χ4n) is 2.50. The van der Waals surface area contributed by atoms with Crippen molar-refractivity contribution >= 4 is 15.9 Å². The highest BCUT2D eigenvalue weighted by Crippen LogP contribution is 2.31. The number of alkyl halides is 3. The van der Waals surface area contributed by atoms with E-state index in [0.717, 1.165) is 33.6 Å². The van der Waals surface area contributed by atoms with Gasteiger partial charge in [0, 0.05) is 13.1 Å². The second-order valence-electron chi connectivity index (χ2n) is 6.37. The first-order valence-electron chi connectivity index (χ1n) is 8.64. The van der Waals surface area contributed by atoms with E-state index >= 15 is 0 Å². The zero-order valence-electron chi connectivity index (χ0n) is 15.7. The predicted octanol–water partition coefficient (Wildman–Crippen LogP) is 3.51. The molecule has 0 radical (unpaired) electrons. The molecule has 0 aliphatic carbocycles. The third-order valence-corrected chi connectivity index (χ3v) is 5.87. The molecule has 0 spiro atoms. The summed E-state index contributed by atoms with van der Waals surface area (Å²) in [6.45, 7) is 4.81. The van der Waals surface area contributed by atoms with Crippen LogP contribution in [0.15, 0.2) is 66.1 Å². The van der Waals surface area contributed by atoms with E-state index in [2.05, 4.69) is 11.9 Å². The van der Waals surface area contributed by atoms with Gasteiger partial charge in [-0.25, -0.2) is 8.42 Å². The molecule has 0 heterocycles. The molecule has 5 nitrogen and oxygen atoms in total. The molecule has 2 aromatic rings. The summed E-state index contributed by atoms with van der Waals surface area (Å²) in [6.07, 6.45) is -3.42. The Hall–Kier alpha value is -2.65. The van der Waals surface area contributed by atoms with Crippen LogP contribution in [0.2, 0.25) is 0 Å². The first-order chi connectivity index (χ1) is 13.5. The molecule has 0 saturated carbocycles. The van der Waals surface area contributed by atoms with E-state index in [1.165, 1.54) is 6.08 Å². The van der Waals surface area contributed by atoms with Gasteiger partial charge in [-0.05, 0) is 30.7 Å². The molecule has 0 bridgehead atoms. The minimum Gasteiger partial charge on any atom is -0.351 e. The largest absolute Gasteiger partial charge is 0.416 e. The molecule has 1 amide bonds. The minimum absolute atomic E-state index is 0.199. The van der Waals surface area contributed by atoms with Crippen LogP contribution in [-0.4, -0.2) is 31.7 Å². The standard InChI is InChI=1S/C20H21F3N2O3S/c1-3-11-25(14-19(26)24-13-16-9-7-15(2)8-10-16)29(27,28)18-6-4-5-17(12-18)20(21,22)23/h3-10,12H,1,11,13-14H2,2H3,(H,24,26). The van der Waals surface area contributed by atoms with Crippen LogP contribution in [0.5, 0.6) is 0 Å². The van der Waals surface area contributed by atoms with Crippen molar-refractivity contribution in [1.29, 1.82) is 0 Å². The predicted molar refractivity (Wildman–Crippen MR) is 103 cm³/mol. The van der Waals surface area contributed by atoms with Crippen molar-refractivity contribution in [2.24, 2.45) is 0 Å². The van der Waals surface area contributed by atoms with E-state index in [9.17, 15) is 26.4 Å². The molecule has 29 heavy (non-hydrogen) atoms. The molecule has 2 rings (SSSR count). The SMILES string of the molecule is C=CCN(CC(=O)NCc1ccc(C)cc1)S(=O)(=O)c1cccc(C(F)(F)F)c1. The molecule has 0 aliphatic rings. The lowest BCUT2D eigenvalue weighted by molar-refractivity contribution is -0.137. The number of halogens is 3. The minimum atomic E-state index is -4.68. The summed E-state index contributed by atoms with van der Waals surface area (Å²) in [4.78, 5) is 11.7. The first kappa shape index (κ1) is 22.6. The van der Waals surface area contributed by atoms with Gasteiger partial charge in [-0.2, -0.15) is 17.5 Å². The van der Waals surface area contributed by atoms with Gasteiger partial charge in [-0.1, -0.05) is 42.0 Å². The van der Waals surface area contributed by atoms with Crippen molar-refractivity contribution in [1.82, 2.24) is 9.62 Å². The van der Waals surface area contributed by atoms with Crippen LogP contribution in [0, 0.1) is 6.92 Å². The van der Waals surface area contributed by atoms with Crippen molar-refractivity contribution in [3.63, 3.8) is 0 Å². The van der Waals surface area contributed by atoms with Crippen LogP contribution in [0.25, 0.3) is 0 Å². The van der Waals surface area contributed by atoms with E-state index < -0.39 is 39.1 Å². The molecular formula is C20H21F3N2O3S. The van der Waals surface area contributed by atoms with Crippen molar-refractivity contribution in [2.45, 2.75) is 24.5 Å². The number of nitrogens with one attached hydrogen (secondary N) is 1. The van der Waals surface area contributed by atoms with E-state index in [-0.39, 0.29) is 13.1 Å². The van der Waals surface area contributed by atoms with E-state index in [1.807, 2.05) is 31.2 Å². The maximum Gasteiger partial charge on any atom is 0.416 e. The summed E-state index contributed by atoms with van der Waals surface area (Å²) < 4.78 is 65.1. The highest BCUT2D eigenvalue weighted by molar-refractivity contribution is 7.89. The Morgan fingerprint density at radius 1 is 1.17 bits per heavy atom. The molecule has 9 heteroatoms. The van der Waals surface area contributed by atoms with Crippen LogP contribution in [-0.2, 0) is 27.5 Å². The van der Waals surface area contributed by atoms with Gasteiger partial charge >= 0.3 is 6.18 Å². The number of carbonyl (C=O) groups excluding carboxylic acids is 1. The fourth-order valence-corrected chi connectivity index (χ4v) is 3.91. The van der Waals surface area contributed by atoms with Crippen LogP contribution in [0.4, 0.5) is 13.2 Å². The Balaban J connectivity index is 2.15. The maximum atomic E-state index is 12.9. The van der Waals surface area contributed by atoms with Crippen molar-refractivity contribution in [3.8, 4) is 0 Å². The van der Waals surface area contributed by atoms with Gasteiger partial charge in [0.05, 0.1) is 17.0 Å². The maximum absolute atomic E-state index is 12.9. The zero-order chi connectivity index (χ0) is 21.7. The smallest absolute Gasteiger partial charge is 0.351 e. The molecule has 0 atom stereocenters. The van der Waals surface area contributed by atoms with Gasteiger partial charge in [0.15, 0.2) is 0 Å². The van der Waals surface area contributed by atoms with Gasteiger partial charge in [-0.15, -0.1) is 6.58 Å². The van der Waals surface area contributed by atoms with Crippen LogP contribution >= 0.6 is 0 Å². The summed E-state index contributed by atoms with van der Waals surface area (Å²) in [5, 5.41) is 2.61. The third-order valence-electron chi connectivity index (χ3n) is 4.06. The molecule has 0 unspecified atom stereocenters. The second-order valence-corrected chi connectivity index (χ2v) is 8.31. The summed E-state index contributed by atoms with van der Waals surface area (Å²) in [7, 11) is -4.33. The van der Waals surface area contributed by atoms with Crippen LogP contribution < -0.4 is 5.32 Å². The normalized spacial score (nSPS) is 12.0. The number of benzene rings is 2. The lowest BCUT2D eigenvalue weighted by Gasteiger charge is -2.21. The van der Waals surface area contributed by atoms with E-state index in [4.69, 9.17) is 0 Å². The van der Waals surface area contributed by atoms with Gasteiger partial charge in [0.2, 0.25) is 15.9 Å². The third kappa shape index (κ3) is 6.16. The van der Waals surface area contributed by atoms with Crippen molar-refractivity contribution < 1.29 is 26.4 Å². The topological polar surface area (TPSA) is 66.5 Å². The quantitative estimate of drug-likeness (QED) is 0.657. The highest BCUT2D eigenvalue weighted by Gasteiger charge is 2.33. The van der Waals surface area contributed by atoms with Gasteiger partial charge in [0.25, 0.3) is 0 Å². The molecule has 0 fully saturated rings. The lowest BCUT2D eigenvalue weighted by atomic mass is 10.1. The van der Waals surface area contributed by atoms with Crippen LogP contribution in [0.1, 0.15) is 16.7 Å². The molecule has 2 aromatic carbocycles. The average molecular weight is 426 g/mol. The monoisotopic (exact) mass is 426 g/mol. The zero-order valence-corrected chi connectivity index (χ0v) is 16.6. The Morgan fingerprint density at radius 2 is 1.83 bits per heavy atom. The van der Waals surface area contributed by atoms with Gasteiger partial charge in [-0.3, -0.25) is 4.79 Å². The van der Waals surface area contributed by atoms with Crippen molar-refractivity contribution in [2.75, 3.05) is 13.1 Å². The van der Waals surface area contributed by atoms with Gasteiger partial charge in [0.1, 0.15) is 0 Å². The Labute approximate surface area is 167 Å². The first-order valence-corrected chi connectivity index (χ1v) is 10.1. The number of nitrogens with zero attached hydrogens (tertiary/aromatic N) is 1. The Bertz CT molecular complexity index is 971. The Morgan fingerprint density at radius 3 is 2.41 bits per heavy atom. The molecular weight excluding hydrogens is 405 g/mol. The number of amides is 1. The summed E-state index contributed by atoms with van der Waals surface area (Å²) in [5.74, 6) is -0.581. The number of aryl methyl sites for hydroxylation is 1.